The fraction of sp³-hybridized carbons (Fsp3) is 0.632. The summed E-state index contributed by atoms with van der Waals surface area (Å²) in [4.78, 5) is 35.4. The van der Waals surface area contributed by atoms with Crippen LogP contribution in [0.1, 0.15) is 33.6 Å². The molecule has 0 aromatic carbocycles. The van der Waals surface area contributed by atoms with E-state index in [1.165, 1.54) is 0 Å². The lowest BCUT2D eigenvalue weighted by atomic mass is 10.1. The summed E-state index contributed by atoms with van der Waals surface area (Å²) < 4.78 is 5.46. The summed E-state index contributed by atoms with van der Waals surface area (Å²) in [5.74, 6) is 0.977. The molecule has 1 aromatic rings. The second-order valence-corrected chi connectivity index (χ2v) is 7.83. The Kier molecular flexibility index (Phi) is 5.34. The Labute approximate surface area is 154 Å². The highest BCUT2D eigenvalue weighted by Gasteiger charge is 2.39. The predicted octanol–water partition coefficient (Wildman–Crippen LogP) is 2.13. The number of pyridine rings is 1. The maximum atomic E-state index is 13.0. The van der Waals surface area contributed by atoms with Gasteiger partial charge in [-0.05, 0) is 45.7 Å². The molecule has 1 unspecified atom stereocenters. The summed E-state index contributed by atoms with van der Waals surface area (Å²) >= 11 is 0. The lowest BCUT2D eigenvalue weighted by Crippen LogP contribution is -2.55. The quantitative estimate of drug-likeness (QED) is 0.808. The van der Waals surface area contributed by atoms with Crippen LogP contribution in [0.15, 0.2) is 24.4 Å². The number of aromatic nitrogens is 1. The third kappa shape index (κ3) is 4.26. The van der Waals surface area contributed by atoms with Crippen LogP contribution in [0.2, 0.25) is 0 Å². The number of carbonyl (C=O) groups is 2. The van der Waals surface area contributed by atoms with Gasteiger partial charge in [-0.2, -0.15) is 0 Å². The average Bonchev–Trinajstić information content (AvgIpc) is 3.10. The number of amides is 2. The van der Waals surface area contributed by atoms with E-state index in [0.29, 0.717) is 26.1 Å². The smallest absolute Gasteiger partial charge is 0.410 e. The number of anilines is 1. The standard InChI is InChI=1S/C19H28N4O3/c1-19(2,3)26-18(25)23-10-6-7-15(23)17(24)22-13-11-21(12-14-22)16-8-4-5-9-20-16/h4-5,8-9,15H,6-7,10-14H2,1-3H3. The zero-order valence-corrected chi connectivity index (χ0v) is 15.9. The van der Waals surface area contributed by atoms with Gasteiger partial charge in [-0.25, -0.2) is 9.78 Å². The van der Waals surface area contributed by atoms with E-state index in [0.717, 1.165) is 25.3 Å². The van der Waals surface area contributed by atoms with Crippen molar-refractivity contribution in [1.82, 2.24) is 14.8 Å². The number of hydrogen-bond donors (Lipinski definition) is 0. The van der Waals surface area contributed by atoms with Gasteiger partial charge < -0.3 is 14.5 Å². The maximum Gasteiger partial charge on any atom is 0.410 e. The lowest BCUT2D eigenvalue weighted by Gasteiger charge is -2.38. The van der Waals surface area contributed by atoms with Crippen molar-refractivity contribution in [3.8, 4) is 0 Å². The summed E-state index contributed by atoms with van der Waals surface area (Å²) in [5, 5.41) is 0. The number of likely N-dealkylation sites (tertiary alicyclic amines) is 1. The molecule has 7 heteroatoms. The van der Waals surface area contributed by atoms with Crippen LogP contribution in [0.3, 0.4) is 0 Å². The van der Waals surface area contributed by atoms with Crippen molar-refractivity contribution in [1.29, 1.82) is 0 Å². The molecule has 26 heavy (non-hydrogen) atoms. The molecule has 0 saturated carbocycles. The molecule has 3 rings (SSSR count). The highest BCUT2D eigenvalue weighted by Crippen LogP contribution is 2.23. The fourth-order valence-electron chi connectivity index (χ4n) is 3.47. The Bertz CT molecular complexity index is 636. The van der Waals surface area contributed by atoms with Gasteiger partial charge in [0.25, 0.3) is 0 Å². The lowest BCUT2D eigenvalue weighted by molar-refractivity contribution is -0.136. The molecule has 0 aliphatic carbocycles. The number of nitrogens with zero attached hydrogens (tertiary/aromatic N) is 4. The normalized spacial score (nSPS) is 21.0. The number of rotatable bonds is 2. The van der Waals surface area contributed by atoms with E-state index in [4.69, 9.17) is 4.74 Å². The third-order valence-corrected chi connectivity index (χ3v) is 4.73. The SMILES string of the molecule is CC(C)(C)OC(=O)N1CCCC1C(=O)N1CCN(c2ccccn2)CC1. The molecule has 0 radical (unpaired) electrons. The molecule has 142 valence electrons. The van der Waals surface area contributed by atoms with E-state index >= 15 is 0 Å². The molecule has 2 aliphatic rings. The van der Waals surface area contributed by atoms with Crippen LogP contribution in [0, 0.1) is 0 Å². The van der Waals surface area contributed by atoms with E-state index in [1.807, 2.05) is 43.9 Å². The highest BCUT2D eigenvalue weighted by atomic mass is 16.6. The van der Waals surface area contributed by atoms with Crippen LogP contribution in [0.5, 0.6) is 0 Å². The van der Waals surface area contributed by atoms with Crippen LogP contribution in [-0.2, 0) is 9.53 Å². The summed E-state index contributed by atoms with van der Waals surface area (Å²) in [6.07, 6.45) is 2.94. The van der Waals surface area contributed by atoms with Crippen LogP contribution in [0.25, 0.3) is 0 Å². The molecule has 7 nitrogen and oxygen atoms in total. The first-order valence-corrected chi connectivity index (χ1v) is 9.29. The monoisotopic (exact) mass is 360 g/mol. The summed E-state index contributed by atoms with van der Waals surface area (Å²) in [7, 11) is 0. The third-order valence-electron chi connectivity index (χ3n) is 4.73. The zero-order valence-electron chi connectivity index (χ0n) is 15.9. The van der Waals surface area contributed by atoms with Crippen molar-refractivity contribution >= 4 is 17.8 Å². The van der Waals surface area contributed by atoms with Gasteiger partial charge in [0, 0.05) is 38.9 Å². The molecule has 2 fully saturated rings. The second-order valence-electron chi connectivity index (χ2n) is 7.83. The van der Waals surface area contributed by atoms with Gasteiger partial charge in [-0.15, -0.1) is 0 Å². The van der Waals surface area contributed by atoms with E-state index in [-0.39, 0.29) is 12.0 Å². The second kappa shape index (κ2) is 7.51. The Morgan fingerprint density at radius 1 is 1.12 bits per heavy atom. The van der Waals surface area contributed by atoms with Gasteiger partial charge >= 0.3 is 6.09 Å². The van der Waals surface area contributed by atoms with E-state index in [9.17, 15) is 9.59 Å². The van der Waals surface area contributed by atoms with E-state index in [1.54, 1.807) is 11.1 Å². The molecule has 1 aromatic heterocycles. The van der Waals surface area contributed by atoms with Crippen LogP contribution < -0.4 is 4.90 Å². The first-order chi connectivity index (χ1) is 12.3. The van der Waals surface area contributed by atoms with Crippen molar-refractivity contribution in [3.05, 3.63) is 24.4 Å². The number of carbonyl (C=O) groups excluding carboxylic acids is 2. The molecule has 0 bridgehead atoms. The summed E-state index contributed by atoms with van der Waals surface area (Å²) in [6.45, 7) is 8.91. The number of ether oxygens (including phenoxy) is 1. The van der Waals surface area contributed by atoms with Crippen LogP contribution in [0.4, 0.5) is 10.6 Å². The zero-order chi connectivity index (χ0) is 18.7. The topological polar surface area (TPSA) is 66.0 Å². The average molecular weight is 360 g/mol. The van der Waals surface area contributed by atoms with Gasteiger partial charge in [0.1, 0.15) is 17.5 Å². The molecule has 2 saturated heterocycles. The molecule has 1 atom stereocenters. The van der Waals surface area contributed by atoms with Gasteiger partial charge in [0.15, 0.2) is 0 Å². The van der Waals surface area contributed by atoms with Gasteiger partial charge in [-0.3, -0.25) is 9.69 Å². The predicted molar refractivity (Wildman–Crippen MR) is 99.0 cm³/mol. The minimum absolute atomic E-state index is 0.0361. The molecule has 2 aliphatic heterocycles. The van der Waals surface area contributed by atoms with E-state index < -0.39 is 11.6 Å². The first kappa shape index (κ1) is 18.5. The number of hydrogen-bond acceptors (Lipinski definition) is 5. The van der Waals surface area contributed by atoms with Gasteiger partial charge in [0.05, 0.1) is 0 Å². The van der Waals surface area contributed by atoms with Crippen LogP contribution >= 0.6 is 0 Å². The van der Waals surface area contributed by atoms with Gasteiger partial charge in [-0.1, -0.05) is 6.07 Å². The van der Waals surface area contributed by atoms with E-state index in [2.05, 4.69) is 9.88 Å². The Morgan fingerprint density at radius 3 is 2.46 bits per heavy atom. The Balaban J connectivity index is 1.58. The molecular weight excluding hydrogens is 332 g/mol. The largest absolute Gasteiger partial charge is 0.444 e. The Morgan fingerprint density at radius 2 is 1.85 bits per heavy atom. The van der Waals surface area contributed by atoms with Gasteiger partial charge in [0.2, 0.25) is 5.91 Å². The first-order valence-electron chi connectivity index (χ1n) is 9.29. The molecule has 2 amide bonds. The minimum atomic E-state index is -0.554. The molecule has 0 N–H and O–H groups in total. The number of piperazine rings is 1. The summed E-state index contributed by atoms with van der Waals surface area (Å²) in [5.41, 5.74) is -0.554. The molecule has 3 heterocycles. The summed E-state index contributed by atoms with van der Waals surface area (Å²) in [6, 6.07) is 5.45. The minimum Gasteiger partial charge on any atom is -0.444 e. The highest BCUT2D eigenvalue weighted by molar-refractivity contribution is 5.86. The fourth-order valence-corrected chi connectivity index (χ4v) is 3.47. The van der Waals surface area contributed by atoms with Crippen molar-refractivity contribution in [2.24, 2.45) is 0 Å². The molecular formula is C19H28N4O3. The van der Waals surface area contributed by atoms with Crippen LogP contribution in [-0.4, -0.2) is 71.2 Å². The Hall–Kier alpha value is -2.31. The molecule has 0 spiro atoms. The van der Waals surface area contributed by atoms with Crippen molar-refractivity contribution in [3.63, 3.8) is 0 Å². The van der Waals surface area contributed by atoms with Crippen molar-refractivity contribution in [2.75, 3.05) is 37.6 Å². The van der Waals surface area contributed by atoms with Crippen molar-refractivity contribution in [2.45, 2.75) is 45.3 Å². The maximum absolute atomic E-state index is 13.0. The van der Waals surface area contributed by atoms with Crippen molar-refractivity contribution < 1.29 is 14.3 Å².